The Bertz CT molecular complexity index is 484. The maximum Gasteiger partial charge on any atom is 0.168 e. The van der Waals surface area contributed by atoms with Crippen LogP contribution in [0, 0.1) is 5.92 Å². The monoisotopic (exact) mass is 361 g/mol. The van der Waals surface area contributed by atoms with Crippen LogP contribution in [0.1, 0.15) is 44.6 Å². The van der Waals surface area contributed by atoms with Crippen molar-refractivity contribution in [2.45, 2.75) is 52.0 Å². The second-order valence-corrected chi connectivity index (χ2v) is 6.09. The first-order valence-corrected chi connectivity index (χ1v) is 8.32. The van der Waals surface area contributed by atoms with Crippen molar-refractivity contribution in [1.82, 2.24) is 0 Å². The predicted molar refractivity (Wildman–Crippen MR) is 89.0 cm³/mol. The summed E-state index contributed by atoms with van der Waals surface area (Å²) in [4.78, 5) is 0. The van der Waals surface area contributed by atoms with Crippen molar-refractivity contribution in [3.8, 4) is 0 Å². The largest absolute Gasteiger partial charge is 1.00 e. The minimum absolute atomic E-state index is 0. The van der Waals surface area contributed by atoms with E-state index in [9.17, 15) is 0 Å². The van der Waals surface area contributed by atoms with Gasteiger partial charge in [-0.25, -0.2) is 4.57 Å². The molecule has 1 unspecified atom stereocenters. The molecule has 1 aromatic heterocycles. The van der Waals surface area contributed by atoms with Crippen molar-refractivity contribution >= 4 is 0 Å². The van der Waals surface area contributed by atoms with Crippen LogP contribution in [0.4, 0.5) is 0 Å². The van der Waals surface area contributed by atoms with Crippen LogP contribution >= 0.6 is 0 Å². The summed E-state index contributed by atoms with van der Waals surface area (Å²) in [5.41, 5.74) is 1.48. The van der Waals surface area contributed by atoms with Crippen LogP contribution in [0.3, 0.4) is 0 Å². The Morgan fingerprint density at radius 3 is 2.18 bits per heavy atom. The molecule has 2 rings (SSSR count). The van der Waals surface area contributed by atoms with Gasteiger partial charge in [0.15, 0.2) is 12.4 Å². The molecule has 1 aromatic carbocycles. The fraction of sp³-hybridized carbons (Fsp3) is 0.450. The van der Waals surface area contributed by atoms with Gasteiger partial charge in [0.2, 0.25) is 0 Å². The maximum atomic E-state index is 2.40. The summed E-state index contributed by atoms with van der Waals surface area (Å²) in [6.07, 6.45) is 12.2. The van der Waals surface area contributed by atoms with E-state index in [-0.39, 0.29) is 17.0 Å². The lowest BCUT2D eigenvalue weighted by Crippen LogP contribution is -3.00. The summed E-state index contributed by atoms with van der Waals surface area (Å²) in [7, 11) is 0. The predicted octanol–water partition coefficient (Wildman–Crippen LogP) is 1.81. The lowest BCUT2D eigenvalue weighted by Gasteiger charge is -2.10. The first-order chi connectivity index (χ1) is 10.3. The summed E-state index contributed by atoms with van der Waals surface area (Å²) in [6.45, 7) is 3.55. The number of halogens is 1. The Morgan fingerprint density at radius 1 is 0.818 bits per heavy atom. The minimum atomic E-state index is 0. The molecule has 0 radical (unpaired) electrons. The zero-order chi connectivity index (χ0) is 14.8. The molecule has 0 aliphatic rings. The van der Waals surface area contributed by atoms with E-state index in [1.54, 1.807) is 0 Å². The Hall–Kier alpha value is -1.15. The summed E-state index contributed by atoms with van der Waals surface area (Å²) >= 11 is 0. The average Bonchev–Trinajstić information content (AvgIpc) is 2.54. The van der Waals surface area contributed by atoms with Gasteiger partial charge >= 0.3 is 0 Å². The van der Waals surface area contributed by atoms with Gasteiger partial charge in [-0.05, 0) is 30.7 Å². The standard InChI is InChI=1S/C20H28N.BrH/c1-19(12-10-18-21-16-8-3-9-17-21)11-6-7-15-20-13-4-2-5-14-20;/h2-5,8-9,13-14,16-17,19H,6-7,10-12,15,18H2,1H3;1H/q+1;/p-1. The normalized spacial score (nSPS) is 11.7. The van der Waals surface area contributed by atoms with Crippen LogP contribution in [0.5, 0.6) is 0 Å². The van der Waals surface area contributed by atoms with E-state index in [0.29, 0.717) is 0 Å². The number of hydrogen-bond donors (Lipinski definition) is 0. The highest BCUT2D eigenvalue weighted by Gasteiger charge is 2.04. The molecule has 0 fully saturated rings. The minimum Gasteiger partial charge on any atom is -1.00 e. The van der Waals surface area contributed by atoms with E-state index >= 15 is 0 Å². The van der Waals surface area contributed by atoms with Gasteiger partial charge in [-0.3, -0.25) is 0 Å². The average molecular weight is 362 g/mol. The highest BCUT2D eigenvalue weighted by Crippen LogP contribution is 2.15. The van der Waals surface area contributed by atoms with Crippen molar-refractivity contribution in [3.63, 3.8) is 0 Å². The zero-order valence-corrected chi connectivity index (χ0v) is 15.2. The number of aryl methyl sites for hydroxylation is 2. The molecule has 120 valence electrons. The summed E-state index contributed by atoms with van der Waals surface area (Å²) < 4.78 is 2.28. The first-order valence-electron chi connectivity index (χ1n) is 8.32. The van der Waals surface area contributed by atoms with E-state index in [4.69, 9.17) is 0 Å². The summed E-state index contributed by atoms with van der Waals surface area (Å²) in [5, 5.41) is 0. The van der Waals surface area contributed by atoms with Crippen molar-refractivity contribution < 1.29 is 21.5 Å². The maximum absolute atomic E-state index is 2.40. The Labute approximate surface area is 146 Å². The smallest absolute Gasteiger partial charge is 0.168 e. The van der Waals surface area contributed by atoms with Gasteiger partial charge in [-0.15, -0.1) is 0 Å². The van der Waals surface area contributed by atoms with Gasteiger partial charge in [-0.1, -0.05) is 56.2 Å². The fourth-order valence-corrected chi connectivity index (χ4v) is 2.82. The van der Waals surface area contributed by atoms with Gasteiger partial charge in [0.05, 0.1) is 0 Å². The number of aromatic nitrogens is 1. The number of hydrogen-bond acceptors (Lipinski definition) is 0. The molecule has 2 aromatic rings. The van der Waals surface area contributed by atoms with Crippen molar-refractivity contribution in [2.24, 2.45) is 5.92 Å². The van der Waals surface area contributed by atoms with Crippen molar-refractivity contribution in [3.05, 3.63) is 66.5 Å². The van der Waals surface area contributed by atoms with Gasteiger partial charge in [-0.2, -0.15) is 0 Å². The lowest BCUT2D eigenvalue weighted by atomic mass is 9.97. The van der Waals surface area contributed by atoms with Crippen molar-refractivity contribution in [2.75, 3.05) is 0 Å². The molecule has 1 atom stereocenters. The molecular weight excluding hydrogens is 334 g/mol. The van der Waals surface area contributed by atoms with E-state index in [1.807, 2.05) is 0 Å². The third-order valence-corrected chi connectivity index (χ3v) is 4.15. The SMILES string of the molecule is CC(CCCCc1ccccc1)CCC[n+]1ccccc1.[Br-]. The van der Waals surface area contributed by atoms with Gasteiger partial charge in [0.25, 0.3) is 0 Å². The van der Waals surface area contributed by atoms with Crippen molar-refractivity contribution in [1.29, 1.82) is 0 Å². The zero-order valence-electron chi connectivity index (χ0n) is 13.6. The van der Waals surface area contributed by atoms with E-state index in [0.717, 1.165) is 12.5 Å². The molecule has 0 amide bonds. The third kappa shape index (κ3) is 7.74. The van der Waals surface area contributed by atoms with E-state index in [2.05, 4.69) is 72.4 Å². The molecule has 22 heavy (non-hydrogen) atoms. The Balaban J connectivity index is 0.00000242. The highest BCUT2D eigenvalue weighted by molar-refractivity contribution is 5.14. The number of unbranched alkanes of at least 4 members (excludes halogenated alkanes) is 1. The molecule has 2 heteroatoms. The van der Waals surface area contributed by atoms with Crippen LogP contribution in [0.25, 0.3) is 0 Å². The molecule has 0 saturated heterocycles. The van der Waals surface area contributed by atoms with Gasteiger partial charge in [0.1, 0.15) is 6.54 Å². The van der Waals surface area contributed by atoms with Crippen LogP contribution in [0.2, 0.25) is 0 Å². The van der Waals surface area contributed by atoms with Crippen LogP contribution in [-0.2, 0) is 13.0 Å². The molecule has 0 aliphatic heterocycles. The Morgan fingerprint density at radius 2 is 1.45 bits per heavy atom. The molecule has 0 aliphatic carbocycles. The van der Waals surface area contributed by atoms with Gasteiger partial charge < -0.3 is 17.0 Å². The lowest BCUT2D eigenvalue weighted by molar-refractivity contribution is -0.697. The molecule has 0 N–H and O–H groups in total. The number of nitrogens with zero attached hydrogens (tertiary/aromatic N) is 1. The van der Waals surface area contributed by atoms with Crippen LogP contribution in [-0.4, -0.2) is 0 Å². The molecule has 0 saturated carbocycles. The molecule has 0 spiro atoms. The van der Waals surface area contributed by atoms with Crippen LogP contribution < -0.4 is 21.5 Å². The fourth-order valence-electron chi connectivity index (χ4n) is 2.82. The van der Waals surface area contributed by atoms with E-state index in [1.165, 1.54) is 44.1 Å². The topological polar surface area (TPSA) is 3.88 Å². The molecule has 1 nitrogen and oxygen atoms in total. The van der Waals surface area contributed by atoms with Crippen LogP contribution in [0.15, 0.2) is 60.9 Å². The first kappa shape index (κ1) is 18.9. The Kier molecular flexibility index (Phi) is 9.81. The summed E-state index contributed by atoms with van der Waals surface area (Å²) in [5.74, 6) is 0.852. The van der Waals surface area contributed by atoms with Gasteiger partial charge in [0, 0.05) is 18.6 Å². The van der Waals surface area contributed by atoms with E-state index < -0.39 is 0 Å². The molecule has 1 heterocycles. The summed E-state index contributed by atoms with van der Waals surface area (Å²) in [6, 6.07) is 17.1. The second-order valence-electron chi connectivity index (χ2n) is 6.09. The number of benzene rings is 1. The third-order valence-electron chi connectivity index (χ3n) is 4.15. The molecular formula is C20H28BrN. The molecule has 0 bridgehead atoms. The highest BCUT2D eigenvalue weighted by atomic mass is 79.9. The second kappa shape index (κ2) is 11.4. The number of pyridine rings is 1. The number of rotatable bonds is 9. The quantitative estimate of drug-likeness (QED) is 0.473.